The van der Waals surface area contributed by atoms with Crippen molar-refractivity contribution < 1.29 is 4.79 Å². The van der Waals surface area contributed by atoms with Gasteiger partial charge in [0.05, 0.1) is 0 Å². The van der Waals surface area contributed by atoms with Gasteiger partial charge in [-0.1, -0.05) is 30.3 Å². The van der Waals surface area contributed by atoms with E-state index in [1.807, 2.05) is 24.3 Å². The number of aromatic nitrogens is 1. The van der Waals surface area contributed by atoms with Crippen molar-refractivity contribution in [1.82, 2.24) is 9.88 Å². The number of hydrogen-bond donors (Lipinski definition) is 1. The smallest absolute Gasteiger partial charge is 0.272 e. The fourth-order valence-corrected chi connectivity index (χ4v) is 1.96. The van der Waals surface area contributed by atoms with E-state index in [1.165, 1.54) is 5.56 Å². The summed E-state index contributed by atoms with van der Waals surface area (Å²) in [6, 6.07) is 13.7. The van der Waals surface area contributed by atoms with Crippen LogP contribution in [0.5, 0.6) is 0 Å². The van der Waals surface area contributed by atoms with Gasteiger partial charge in [-0.3, -0.25) is 9.78 Å². The van der Waals surface area contributed by atoms with Gasteiger partial charge in [-0.25, -0.2) is 0 Å². The van der Waals surface area contributed by atoms with E-state index in [-0.39, 0.29) is 5.91 Å². The summed E-state index contributed by atoms with van der Waals surface area (Å²) < 4.78 is 0. The summed E-state index contributed by atoms with van der Waals surface area (Å²) >= 11 is 0. The van der Waals surface area contributed by atoms with Gasteiger partial charge >= 0.3 is 0 Å². The van der Waals surface area contributed by atoms with Crippen molar-refractivity contribution in [2.24, 2.45) is 5.73 Å². The molecule has 4 heteroatoms. The van der Waals surface area contributed by atoms with Gasteiger partial charge in [0, 0.05) is 26.3 Å². The molecule has 1 aromatic heterocycles. The summed E-state index contributed by atoms with van der Waals surface area (Å²) in [5, 5.41) is 0. The Morgan fingerprint density at radius 2 is 1.95 bits per heavy atom. The summed E-state index contributed by atoms with van der Waals surface area (Å²) in [6.45, 7) is 1.08. The SMILES string of the molecule is CN(CCc1ccccc1)C(=O)c1cc(CN)ccn1. The van der Waals surface area contributed by atoms with Crippen LogP contribution in [0.3, 0.4) is 0 Å². The van der Waals surface area contributed by atoms with Crippen LogP contribution in [0.1, 0.15) is 21.6 Å². The van der Waals surface area contributed by atoms with Crippen molar-refractivity contribution in [3.63, 3.8) is 0 Å². The van der Waals surface area contributed by atoms with Crippen molar-refractivity contribution in [2.45, 2.75) is 13.0 Å². The highest BCUT2D eigenvalue weighted by Crippen LogP contribution is 2.06. The Hall–Kier alpha value is -2.20. The Balaban J connectivity index is 1.98. The van der Waals surface area contributed by atoms with E-state index in [4.69, 9.17) is 5.73 Å². The summed E-state index contributed by atoms with van der Waals surface area (Å²) in [5.41, 5.74) is 8.16. The molecule has 0 aliphatic carbocycles. The minimum absolute atomic E-state index is 0.0729. The van der Waals surface area contributed by atoms with Crippen LogP contribution in [0.15, 0.2) is 48.7 Å². The van der Waals surface area contributed by atoms with Crippen LogP contribution >= 0.6 is 0 Å². The Morgan fingerprint density at radius 3 is 2.65 bits per heavy atom. The number of nitrogens with zero attached hydrogens (tertiary/aromatic N) is 2. The van der Waals surface area contributed by atoms with Crippen molar-refractivity contribution in [3.8, 4) is 0 Å². The summed E-state index contributed by atoms with van der Waals surface area (Å²) in [5.74, 6) is -0.0729. The number of nitrogens with two attached hydrogens (primary N) is 1. The first-order valence-corrected chi connectivity index (χ1v) is 6.65. The largest absolute Gasteiger partial charge is 0.340 e. The Labute approximate surface area is 119 Å². The van der Waals surface area contributed by atoms with Gasteiger partial charge in [0.2, 0.25) is 0 Å². The average molecular weight is 269 g/mol. The van der Waals surface area contributed by atoms with Crippen molar-refractivity contribution in [3.05, 3.63) is 65.5 Å². The molecule has 0 aliphatic rings. The predicted octanol–water partition coefficient (Wildman–Crippen LogP) is 1.85. The van der Waals surface area contributed by atoms with E-state index in [1.54, 1.807) is 24.2 Å². The second kappa shape index (κ2) is 6.82. The maximum atomic E-state index is 12.3. The first-order valence-electron chi connectivity index (χ1n) is 6.65. The van der Waals surface area contributed by atoms with Gasteiger partial charge < -0.3 is 10.6 Å². The van der Waals surface area contributed by atoms with Gasteiger partial charge in [0.1, 0.15) is 5.69 Å². The Bertz CT molecular complexity index is 569. The van der Waals surface area contributed by atoms with Crippen LogP contribution in [0, 0.1) is 0 Å². The first-order chi connectivity index (χ1) is 9.70. The summed E-state index contributed by atoms with van der Waals surface area (Å²) in [6.07, 6.45) is 2.46. The molecule has 0 saturated heterocycles. The van der Waals surface area contributed by atoms with Gasteiger partial charge in [-0.2, -0.15) is 0 Å². The van der Waals surface area contributed by atoms with E-state index in [0.29, 0.717) is 18.8 Å². The molecule has 2 N–H and O–H groups in total. The molecule has 1 heterocycles. The highest BCUT2D eigenvalue weighted by molar-refractivity contribution is 5.92. The molecule has 0 spiro atoms. The highest BCUT2D eigenvalue weighted by atomic mass is 16.2. The highest BCUT2D eigenvalue weighted by Gasteiger charge is 2.13. The molecule has 2 aromatic rings. The molecule has 0 aliphatic heterocycles. The predicted molar refractivity (Wildman–Crippen MR) is 79.2 cm³/mol. The van der Waals surface area contributed by atoms with Gasteiger partial charge in [0.25, 0.3) is 5.91 Å². The van der Waals surface area contributed by atoms with Crippen LogP contribution in [-0.2, 0) is 13.0 Å². The molecular formula is C16H19N3O. The molecule has 0 saturated carbocycles. The lowest BCUT2D eigenvalue weighted by Gasteiger charge is -2.17. The number of amides is 1. The standard InChI is InChI=1S/C16H19N3O/c1-19(10-8-13-5-3-2-4-6-13)16(20)15-11-14(12-17)7-9-18-15/h2-7,9,11H,8,10,12,17H2,1H3. The number of rotatable bonds is 5. The number of likely N-dealkylation sites (N-methyl/N-ethyl adjacent to an activating group) is 1. The second-order valence-corrected chi connectivity index (χ2v) is 4.72. The van der Waals surface area contributed by atoms with Crippen molar-refractivity contribution in [2.75, 3.05) is 13.6 Å². The molecule has 104 valence electrons. The number of benzene rings is 1. The molecule has 4 nitrogen and oxygen atoms in total. The lowest BCUT2D eigenvalue weighted by Crippen LogP contribution is -2.29. The van der Waals surface area contributed by atoms with Crippen LogP contribution in [0.25, 0.3) is 0 Å². The van der Waals surface area contributed by atoms with Crippen molar-refractivity contribution in [1.29, 1.82) is 0 Å². The summed E-state index contributed by atoms with van der Waals surface area (Å²) in [4.78, 5) is 18.1. The normalized spacial score (nSPS) is 10.3. The third-order valence-electron chi connectivity index (χ3n) is 3.20. The molecule has 0 fully saturated rings. The molecular weight excluding hydrogens is 250 g/mol. The molecule has 20 heavy (non-hydrogen) atoms. The van der Waals surface area contributed by atoms with Gasteiger partial charge in [-0.05, 0) is 29.7 Å². The topological polar surface area (TPSA) is 59.2 Å². The number of carbonyl (C=O) groups is 1. The molecule has 0 radical (unpaired) electrons. The third-order valence-corrected chi connectivity index (χ3v) is 3.20. The lowest BCUT2D eigenvalue weighted by atomic mass is 10.1. The number of pyridine rings is 1. The van der Waals surface area contributed by atoms with E-state index < -0.39 is 0 Å². The van der Waals surface area contributed by atoms with E-state index in [2.05, 4.69) is 17.1 Å². The average Bonchev–Trinajstić information content (AvgIpc) is 2.53. The molecule has 0 atom stereocenters. The zero-order valence-electron chi connectivity index (χ0n) is 11.6. The molecule has 0 unspecified atom stereocenters. The monoisotopic (exact) mass is 269 g/mol. The van der Waals surface area contributed by atoms with Crippen LogP contribution in [0.2, 0.25) is 0 Å². The van der Waals surface area contributed by atoms with Gasteiger partial charge in [-0.15, -0.1) is 0 Å². The Morgan fingerprint density at radius 1 is 1.20 bits per heavy atom. The maximum Gasteiger partial charge on any atom is 0.272 e. The minimum atomic E-state index is -0.0729. The first kappa shape index (κ1) is 14.2. The van der Waals surface area contributed by atoms with Crippen LogP contribution in [0.4, 0.5) is 0 Å². The van der Waals surface area contributed by atoms with Crippen molar-refractivity contribution >= 4 is 5.91 Å². The summed E-state index contributed by atoms with van der Waals surface area (Å²) in [7, 11) is 1.79. The fourth-order valence-electron chi connectivity index (χ4n) is 1.96. The zero-order chi connectivity index (χ0) is 14.4. The number of carbonyl (C=O) groups excluding carboxylic acids is 1. The minimum Gasteiger partial charge on any atom is -0.340 e. The second-order valence-electron chi connectivity index (χ2n) is 4.72. The zero-order valence-corrected chi connectivity index (χ0v) is 11.6. The molecule has 1 aromatic carbocycles. The fraction of sp³-hybridized carbons (Fsp3) is 0.250. The Kier molecular flexibility index (Phi) is 4.85. The molecule has 1 amide bonds. The van der Waals surface area contributed by atoms with Gasteiger partial charge in [0.15, 0.2) is 0 Å². The van der Waals surface area contributed by atoms with Crippen LogP contribution in [-0.4, -0.2) is 29.4 Å². The third kappa shape index (κ3) is 3.65. The quantitative estimate of drug-likeness (QED) is 0.901. The molecule has 2 rings (SSSR count). The lowest BCUT2D eigenvalue weighted by molar-refractivity contribution is 0.0791. The van der Waals surface area contributed by atoms with Crippen LogP contribution < -0.4 is 5.73 Å². The maximum absolute atomic E-state index is 12.3. The van der Waals surface area contributed by atoms with E-state index in [0.717, 1.165) is 12.0 Å². The number of hydrogen-bond acceptors (Lipinski definition) is 3. The van der Waals surface area contributed by atoms with E-state index in [9.17, 15) is 4.79 Å². The molecule has 0 bridgehead atoms. The van der Waals surface area contributed by atoms with E-state index >= 15 is 0 Å².